The number of piperidine rings is 1. The topological polar surface area (TPSA) is 97.3 Å². The van der Waals surface area contributed by atoms with E-state index in [9.17, 15) is 14.9 Å². The van der Waals surface area contributed by atoms with Gasteiger partial charge in [-0.2, -0.15) is 5.26 Å². The number of nitrogens with one attached hydrogen (secondary N) is 3. The molecule has 0 spiro atoms. The molecule has 2 aliphatic rings. The van der Waals surface area contributed by atoms with Crippen LogP contribution in [0.25, 0.3) is 0 Å². The van der Waals surface area contributed by atoms with Crippen molar-refractivity contribution in [3.05, 3.63) is 69.7 Å². The van der Waals surface area contributed by atoms with Gasteiger partial charge in [0, 0.05) is 54.6 Å². The van der Waals surface area contributed by atoms with Gasteiger partial charge in [0.15, 0.2) is 0 Å². The molecule has 0 aliphatic carbocycles. The number of nitriles is 1. The minimum atomic E-state index is -1.03. The van der Waals surface area contributed by atoms with Crippen LogP contribution in [0.4, 0.5) is 0 Å². The van der Waals surface area contributed by atoms with E-state index in [-0.39, 0.29) is 23.3 Å². The Balaban J connectivity index is 1.53. The maximum absolute atomic E-state index is 13.9. The molecule has 2 heterocycles. The second-order valence-corrected chi connectivity index (χ2v) is 13.7. The number of benzene rings is 2. The first-order chi connectivity index (χ1) is 19.9. The predicted octanol–water partition coefficient (Wildman–Crippen LogP) is 5.42. The third-order valence-corrected chi connectivity index (χ3v) is 9.08. The van der Waals surface area contributed by atoms with Gasteiger partial charge in [-0.1, -0.05) is 68.2 Å². The molecule has 4 unspecified atom stereocenters. The Morgan fingerprint density at radius 1 is 1.07 bits per heavy atom. The molecule has 42 heavy (non-hydrogen) atoms. The number of amides is 2. The van der Waals surface area contributed by atoms with Crippen molar-refractivity contribution in [3.63, 3.8) is 0 Å². The van der Waals surface area contributed by atoms with E-state index < -0.39 is 17.4 Å². The Labute approximate surface area is 260 Å². The van der Waals surface area contributed by atoms with Crippen molar-refractivity contribution in [1.82, 2.24) is 20.9 Å². The number of hydrogen-bond donors (Lipinski definition) is 3. The van der Waals surface area contributed by atoms with Gasteiger partial charge in [-0.15, -0.1) is 0 Å². The van der Waals surface area contributed by atoms with Gasteiger partial charge in [-0.3, -0.25) is 9.59 Å². The van der Waals surface area contributed by atoms with Crippen LogP contribution in [0.3, 0.4) is 0 Å². The summed E-state index contributed by atoms with van der Waals surface area (Å²) in [7, 11) is 0. The number of halogens is 2. The van der Waals surface area contributed by atoms with Gasteiger partial charge < -0.3 is 20.9 Å². The second kappa shape index (κ2) is 13.8. The monoisotopic (exact) mass is 611 g/mol. The number of rotatable bonds is 9. The van der Waals surface area contributed by atoms with Crippen molar-refractivity contribution in [3.8, 4) is 6.07 Å². The largest absolute Gasteiger partial charge is 0.355 e. The van der Waals surface area contributed by atoms with Gasteiger partial charge in [0.2, 0.25) is 11.8 Å². The summed E-state index contributed by atoms with van der Waals surface area (Å²) >= 11 is 12.7. The maximum Gasteiger partial charge on any atom is 0.237 e. The van der Waals surface area contributed by atoms with E-state index in [0.717, 1.165) is 50.0 Å². The molecule has 2 fully saturated rings. The fraction of sp³-hybridized carbons (Fsp3) is 0.545. The first-order valence-electron chi connectivity index (χ1n) is 14.9. The van der Waals surface area contributed by atoms with Crippen LogP contribution in [-0.4, -0.2) is 61.0 Å². The van der Waals surface area contributed by atoms with E-state index in [4.69, 9.17) is 23.2 Å². The Morgan fingerprint density at radius 2 is 1.76 bits per heavy atom. The molecule has 7 nitrogen and oxygen atoms in total. The highest BCUT2D eigenvalue weighted by atomic mass is 35.5. The van der Waals surface area contributed by atoms with Gasteiger partial charge in [0.1, 0.15) is 5.41 Å². The van der Waals surface area contributed by atoms with Crippen molar-refractivity contribution in [2.24, 2.45) is 5.41 Å². The zero-order chi connectivity index (χ0) is 30.5. The summed E-state index contributed by atoms with van der Waals surface area (Å²) in [5.74, 6) is -0.465. The summed E-state index contributed by atoms with van der Waals surface area (Å²) in [4.78, 5) is 27.4. The van der Waals surface area contributed by atoms with Crippen LogP contribution in [0.2, 0.25) is 10.0 Å². The highest BCUT2D eigenvalue weighted by Gasteiger charge is 2.59. The van der Waals surface area contributed by atoms with Crippen LogP contribution < -0.4 is 16.0 Å². The summed E-state index contributed by atoms with van der Waals surface area (Å²) in [6.07, 6.45) is 3.35. The van der Waals surface area contributed by atoms with E-state index >= 15 is 0 Å². The molecule has 0 bridgehead atoms. The van der Waals surface area contributed by atoms with Gasteiger partial charge in [0.05, 0.1) is 12.1 Å². The van der Waals surface area contributed by atoms with Crippen molar-refractivity contribution < 1.29 is 9.59 Å². The van der Waals surface area contributed by atoms with Gasteiger partial charge >= 0.3 is 0 Å². The summed E-state index contributed by atoms with van der Waals surface area (Å²) in [6.45, 7) is 10.9. The normalized spacial score (nSPS) is 24.8. The Bertz CT molecular complexity index is 1280. The van der Waals surface area contributed by atoms with E-state index in [1.165, 1.54) is 0 Å². The molecule has 0 radical (unpaired) electrons. The lowest BCUT2D eigenvalue weighted by Crippen LogP contribution is -2.46. The number of hydrogen-bond acceptors (Lipinski definition) is 5. The van der Waals surface area contributed by atoms with Gasteiger partial charge in [-0.25, -0.2) is 0 Å². The van der Waals surface area contributed by atoms with Crippen molar-refractivity contribution >= 4 is 35.0 Å². The van der Waals surface area contributed by atoms with Crippen LogP contribution in [0.5, 0.6) is 0 Å². The average Bonchev–Trinajstić information content (AvgIpc) is 3.26. The molecule has 2 aromatic rings. The number of carbonyl (C=O) groups excluding carboxylic acids is 2. The van der Waals surface area contributed by atoms with Crippen molar-refractivity contribution in [2.45, 2.75) is 82.8 Å². The predicted molar refractivity (Wildman–Crippen MR) is 169 cm³/mol. The number of nitrogens with zero attached hydrogens (tertiary/aromatic N) is 2. The quantitative estimate of drug-likeness (QED) is 0.329. The van der Waals surface area contributed by atoms with E-state index in [2.05, 4.69) is 42.8 Å². The molecule has 9 heteroatoms. The Hall–Kier alpha value is -2.63. The molecule has 3 N–H and O–H groups in total. The summed E-state index contributed by atoms with van der Waals surface area (Å²) in [6, 6.07) is 17.1. The van der Waals surface area contributed by atoms with Crippen LogP contribution in [0, 0.1) is 16.7 Å². The highest BCUT2D eigenvalue weighted by molar-refractivity contribution is 6.30. The van der Waals surface area contributed by atoms with Crippen LogP contribution in [0.1, 0.15) is 70.4 Å². The first kappa shape index (κ1) is 32.3. The minimum Gasteiger partial charge on any atom is -0.355 e. The third kappa shape index (κ3) is 7.47. The van der Waals surface area contributed by atoms with Gasteiger partial charge in [-0.05, 0) is 73.0 Å². The molecule has 226 valence electrons. The lowest BCUT2D eigenvalue weighted by atomic mass is 9.63. The van der Waals surface area contributed by atoms with Crippen molar-refractivity contribution in [1.29, 1.82) is 5.26 Å². The minimum absolute atomic E-state index is 0.0946. The Morgan fingerprint density at radius 3 is 2.36 bits per heavy atom. The SMILES string of the molecule is CC(=O)N1CCC(NCCCNC(=O)C2NC(CC(C)(C)C)C(C#N)(c3ccc(Cl)cc3)C2c2cccc(Cl)c2)CC1. The fourth-order valence-electron chi connectivity index (χ4n) is 6.57. The van der Waals surface area contributed by atoms with Crippen LogP contribution >= 0.6 is 23.2 Å². The third-order valence-electron chi connectivity index (χ3n) is 8.59. The molecule has 2 amide bonds. The molecule has 0 saturated carbocycles. The summed E-state index contributed by atoms with van der Waals surface area (Å²) in [5, 5.41) is 22.5. The van der Waals surface area contributed by atoms with Gasteiger partial charge in [0.25, 0.3) is 0 Å². The second-order valence-electron chi connectivity index (χ2n) is 12.9. The molecular formula is C33H43Cl2N5O2. The van der Waals surface area contributed by atoms with Crippen molar-refractivity contribution in [2.75, 3.05) is 26.2 Å². The molecular weight excluding hydrogens is 569 g/mol. The summed E-state index contributed by atoms with van der Waals surface area (Å²) < 4.78 is 0. The molecule has 2 saturated heterocycles. The molecule has 2 aromatic carbocycles. The first-order valence-corrected chi connectivity index (χ1v) is 15.7. The maximum atomic E-state index is 13.9. The van der Waals surface area contributed by atoms with Crippen LogP contribution in [-0.2, 0) is 15.0 Å². The smallest absolute Gasteiger partial charge is 0.237 e. The average molecular weight is 613 g/mol. The zero-order valence-corrected chi connectivity index (χ0v) is 26.6. The fourth-order valence-corrected chi connectivity index (χ4v) is 6.90. The Kier molecular flexibility index (Phi) is 10.6. The van der Waals surface area contributed by atoms with Crippen LogP contribution in [0.15, 0.2) is 48.5 Å². The van der Waals surface area contributed by atoms with E-state index in [1.54, 1.807) is 6.92 Å². The summed E-state index contributed by atoms with van der Waals surface area (Å²) in [5.41, 5.74) is 0.557. The molecule has 0 aromatic heterocycles. The lowest BCUT2D eigenvalue weighted by molar-refractivity contribution is -0.130. The number of likely N-dealkylation sites (tertiary alicyclic amines) is 1. The van der Waals surface area contributed by atoms with E-state index in [1.807, 2.05) is 53.4 Å². The standard InChI is InChI=1S/C33H43Cl2N5O2/c1-22(41)40-17-13-27(14-18-40)37-15-6-16-38-31(42)30-29(23-7-5-8-26(35)19-23)33(21-36,24-9-11-25(34)12-10-24)28(39-30)20-32(2,3)4/h5,7-12,19,27-30,37,39H,6,13-18,20H2,1-4H3,(H,38,42). The number of carbonyl (C=O) groups is 2. The van der Waals surface area contributed by atoms with E-state index in [0.29, 0.717) is 29.1 Å². The highest BCUT2D eigenvalue weighted by Crippen LogP contribution is 2.51. The molecule has 4 atom stereocenters. The molecule has 2 aliphatic heterocycles. The molecule has 4 rings (SSSR count). The zero-order valence-electron chi connectivity index (χ0n) is 25.1. The lowest BCUT2D eigenvalue weighted by Gasteiger charge is -2.37.